The van der Waals surface area contributed by atoms with Crippen molar-refractivity contribution in [1.29, 1.82) is 0 Å². The van der Waals surface area contributed by atoms with Gasteiger partial charge in [-0.15, -0.1) is 0 Å². The van der Waals surface area contributed by atoms with Crippen LogP contribution in [-0.4, -0.2) is 31.3 Å². The van der Waals surface area contributed by atoms with Gasteiger partial charge in [0.15, 0.2) is 0 Å². The Balaban J connectivity index is 4.73. The van der Waals surface area contributed by atoms with Crippen molar-refractivity contribution in [2.24, 2.45) is 5.41 Å². The van der Waals surface area contributed by atoms with Crippen molar-refractivity contribution in [3.63, 3.8) is 0 Å². The van der Waals surface area contributed by atoms with E-state index in [2.05, 4.69) is 22.6 Å². The summed E-state index contributed by atoms with van der Waals surface area (Å²) >= 11 is 0. The Morgan fingerprint density at radius 3 is 1.61 bits per heavy atom. The van der Waals surface area contributed by atoms with Crippen LogP contribution in [0.3, 0.4) is 0 Å². The third-order valence-corrected chi connectivity index (χ3v) is 2.08. The quantitative estimate of drug-likeness (QED) is 0.545. The number of alkyl halides is 3. The maximum absolute atomic E-state index is 12.8. The van der Waals surface area contributed by atoms with Gasteiger partial charge in [-0.2, -0.15) is 13.2 Å². The zero-order valence-electron chi connectivity index (χ0n) is 9.75. The number of ether oxygens (including phenoxy) is 2. The van der Waals surface area contributed by atoms with Gasteiger partial charge in [0.1, 0.15) is 18.6 Å². The van der Waals surface area contributed by atoms with Crippen LogP contribution in [0.2, 0.25) is 0 Å². The first-order valence-electron chi connectivity index (χ1n) is 4.81. The summed E-state index contributed by atoms with van der Waals surface area (Å²) in [6, 6.07) is 0. The molecule has 0 aromatic rings. The highest BCUT2D eigenvalue weighted by Gasteiger charge is 2.53. The average molecular weight is 266 g/mol. The summed E-state index contributed by atoms with van der Waals surface area (Å²) in [6.45, 7) is 4.96. The standard InChI is InChI=1S/C11H13F3O4/c1-4-8(15)17-6-10(3,11(12,13)14)7-18-9(16)5-2/h4-5H,1-2,6-7H2,3H3. The Labute approximate surface area is 102 Å². The number of esters is 2. The molecule has 0 bridgehead atoms. The lowest BCUT2D eigenvalue weighted by Gasteiger charge is -2.30. The van der Waals surface area contributed by atoms with Gasteiger partial charge in [0.25, 0.3) is 0 Å². The van der Waals surface area contributed by atoms with Crippen molar-refractivity contribution in [2.75, 3.05) is 13.2 Å². The van der Waals surface area contributed by atoms with Crippen LogP contribution in [0.5, 0.6) is 0 Å². The zero-order chi connectivity index (χ0) is 14.4. The van der Waals surface area contributed by atoms with Gasteiger partial charge in [0.05, 0.1) is 0 Å². The Bertz CT molecular complexity index is 323. The maximum Gasteiger partial charge on any atom is 0.400 e. The number of carbonyl (C=O) groups is 2. The molecule has 0 aliphatic carbocycles. The molecule has 0 unspecified atom stereocenters. The van der Waals surface area contributed by atoms with Crippen molar-refractivity contribution in [1.82, 2.24) is 0 Å². The van der Waals surface area contributed by atoms with Crippen molar-refractivity contribution in [3.8, 4) is 0 Å². The molecule has 18 heavy (non-hydrogen) atoms. The van der Waals surface area contributed by atoms with Crippen LogP contribution in [0.4, 0.5) is 13.2 Å². The molecule has 0 rings (SSSR count). The van der Waals surface area contributed by atoms with E-state index in [9.17, 15) is 22.8 Å². The molecule has 0 saturated heterocycles. The molecule has 0 aromatic carbocycles. The summed E-state index contributed by atoms with van der Waals surface area (Å²) in [5.74, 6) is -1.97. The van der Waals surface area contributed by atoms with Crippen molar-refractivity contribution in [3.05, 3.63) is 25.3 Å². The SMILES string of the molecule is C=CC(=O)OCC(C)(COC(=O)C=C)C(F)(F)F. The number of hydrogen-bond acceptors (Lipinski definition) is 4. The van der Waals surface area contributed by atoms with Crippen LogP contribution in [0.25, 0.3) is 0 Å². The molecule has 0 radical (unpaired) electrons. The van der Waals surface area contributed by atoms with Gasteiger partial charge in [0.2, 0.25) is 0 Å². The third-order valence-electron chi connectivity index (χ3n) is 2.08. The van der Waals surface area contributed by atoms with Gasteiger partial charge in [-0.05, 0) is 6.92 Å². The number of carbonyl (C=O) groups excluding carboxylic acids is 2. The second-order valence-corrected chi connectivity index (χ2v) is 3.68. The molecule has 7 heteroatoms. The topological polar surface area (TPSA) is 52.6 Å². The molecule has 0 aromatic heterocycles. The van der Waals surface area contributed by atoms with Crippen molar-refractivity contribution >= 4 is 11.9 Å². The van der Waals surface area contributed by atoms with E-state index < -0.39 is 36.7 Å². The molecular formula is C11H13F3O4. The zero-order valence-corrected chi connectivity index (χ0v) is 9.75. The molecule has 0 N–H and O–H groups in total. The Kier molecular flexibility index (Phi) is 5.61. The smallest absolute Gasteiger partial charge is 0.400 e. The Morgan fingerprint density at radius 1 is 1.06 bits per heavy atom. The van der Waals surface area contributed by atoms with E-state index in [0.29, 0.717) is 0 Å². The molecule has 0 aliphatic heterocycles. The van der Waals surface area contributed by atoms with Gasteiger partial charge in [-0.25, -0.2) is 9.59 Å². The lowest BCUT2D eigenvalue weighted by Crippen LogP contribution is -2.44. The maximum atomic E-state index is 12.8. The van der Waals surface area contributed by atoms with E-state index in [1.165, 1.54) is 0 Å². The number of halogens is 3. The molecular weight excluding hydrogens is 253 g/mol. The molecule has 0 saturated carbocycles. The second-order valence-electron chi connectivity index (χ2n) is 3.68. The van der Waals surface area contributed by atoms with E-state index in [1.807, 2.05) is 0 Å². The summed E-state index contributed by atoms with van der Waals surface area (Å²) in [4.78, 5) is 21.5. The highest BCUT2D eigenvalue weighted by Crippen LogP contribution is 2.38. The fourth-order valence-electron chi connectivity index (χ4n) is 0.784. The van der Waals surface area contributed by atoms with Gasteiger partial charge in [0, 0.05) is 12.2 Å². The average Bonchev–Trinajstić information content (AvgIpc) is 2.31. The summed E-state index contributed by atoms with van der Waals surface area (Å²) in [6.07, 6.45) is -3.21. The van der Waals surface area contributed by atoms with E-state index in [-0.39, 0.29) is 0 Å². The minimum absolute atomic E-state index is 0.743. The minimum Gasteiger partial charge on any atom is -0.461 e. The lowest BCUT2D eigenvalue weighted by molar-refractivity contribution is -0.244. The molecule has 0 atom stereocenters. The van der Waals surface area contributed by atoms with Crippen LogP contribution >= 0.6 is 0 Å². The van der Waals surface area contributed by atoms with Crippen molar-refractivity contribution < 1.29 is 32.2 Å². The Hall–Kier alpha value is -1.79. The number of rotatable bonds is 6. The van der Waals surface area contributed by atoms with Crippen LogP contribution in [-0.2, 0) is 19.1 Å². The fraction of sp³-hybridized carbons (Fsp3) is 0.455. The first kappa shape index (κ1) is 16.2. The Morgan fingerprint density at radius 2 is 1.39 bits per heavy atom. The first-order chi connectivity index (χ1) is 8.16. The molecule has 0 heterocycles. The number of hydrogen-bond donors (Lipinski definition) is 0. The fourth-order valence-corrected chi connectivity index (χ4v) is 0.784. The molecule has 0 aliphatic rings. The summed E-state index contributed by atoms with van der Waals surface area (Å²) in [7, 11) is 0. The van der Waals surface area contributed by atoms with E-state index in [0.717, 1.165) is 19.1 Å². The van der Waals surface area contributed by atoms with Crippen molar-refractivity contribution in [2.45, 2.75) is 13.1 Å². The van der Waals surface area contributed by atoms with Crippen LogP contribution in [0, 0.1) is 5.41 Å². The predicted molar refractivity (Wildman–Crippen MR) is 56.5 cm³/mol. The van der Waals surface area contributed by atoms with E-state index in [4.69, 9.17) is 0 Å². The van der Waals surface area contributed by atoms with Gasteiger partial charge in [-0.3, -0.25) is 0 Å². The summed E-state index contributed by atoms with van der Waals surface area (Å²) in [5, 5.41) is 0. The van der Waals surface area contributed by atoms with Crippen LogP contribution < -0.4 is 0 Å². The monoisotopic (exact) mass is 266 g/mol. The lowest BCUT2D eigenvalue weighted by atomic mass is 9.92. The minimum atomic E-state index is -4.70. The summed E-state index contributed by atoms with van der Waals surface area (Å²) < 4.78 is 47.0. The van der Waals surface area contributed by atoms with E-state index in [1.54, 1.807) is 0 Å². The van der Waals surface area contributed by atoms with Crippen LogP contribution in [0.15, 0.2) is 25.3 Å². The van der Waals surface area contributed by atoms with Gasteiger partial charge in [-0.1, -0.05) is 13.2 Å². The normalized spacial score (nSPS) is 11.6. The van der Waals surface area contributed by atoms with Gasteiger partial charge >= 0.3 is 18.1 Å². The summed E-state index contributed by atoms with van der Waals surface area (Å²) in [5.41, 5.74) is -2.48. The predicted octanol–water partition coefficient (Wildman–Crippen LogP) is 2.01. The molecule has 0 fully saturated rings. The highest BCUT2D eigenvalue weighted by atomic mass is 19.4. The second kappa shape index (κ2) is 6.23. The third kappa shape index (κ3) is 4.60. The van der Waals surface area contributed by atoms with Gasteiger partial charge < -0.3 is 9.47 Å². The molecule has 102 valence electrons. The highest BCUT2D eigenvalue weighted by molar-refractivity contribution is 5.81. The largest absolute Gasteiger partial charge is 0.461 e. The molecule has 0 amide bonds. The van der Waals surface area contributed by atoms with E-state index >= 15 is 0 Å². The first-order valence-corrected chi connectivity index (χ1v) is 4.81. The molecule has 0 spiro atoms. The molecule has 4 nitrogen and oxygen atoms in total. The van der Waals surface area contributed by atoms with Crippen LogP contribution in [0.1, 0.15) is 6.92 Å².